The largest absolute Gasteiger partial charge is 0.356 e. The Hall–Kier alpha value is -1.91. The fourth-order valence-electron chi connectivity index (χ4n) is 3.27. The maximum atomic E-state index is 11.4. The number of nitrogens with zero attached hydrogens (tertiary/aromatic N) is 3. The number of anilines is 1. The SMILES string of the molecule is C=CC(=O)NC1CCN(c2ncnc3c2CCCC3)CC1. The van der Waals surface area contributed by atoms with Crippen LogP contribution in [0.5, 0.6) is 0 Å². The van der Waals surface area contributed by atoms with Crippen LogP contribution in [-0.2, 0) is 17.6 Å². The smallest absolute Gasteiger partial charge is 0.243 e. The van der Waals surface area contributed by atoms with Gasteiger partial charge in [0, 0.05) is 30.4 Å². The van der Waals surface area contributed by atoms with E-state index in [1.165, 1.54) is 30.2 Å². The molecule has 0 unspecified atom stereocenters. The summed E-state index contributed by atoms with van der Waals surface area (Å²) in [5.41, 5.74) is 2.57. The lowest BCUT2D eigenvalue weighted by Crippen LogP contribution is -2.44. The predicted molar refractivity (Wildman–Crippen MR) is 82.2 cm³/mol. The van der Waals surface area contributed by atoms with Gasteiger partial charge in [-0.25, -0.2) is 9.97 Å². The third-order valence-electron chi connectivity index (χ3n) is 4.43. The van der Waals surface area contributed by atoms with Crippen LogP contribution in [0.1, 0.15) is 36.9 Å². The van der Waals surface area contributed by atoms with Crippen LogP contribution in [0.4, 0.5) is 5.82 Å². The molecule has 0 radical (unpaired) electrons. The maximum absolute atomic E-state index is 11.4. The van der Waals surface area contributed by atoms with Gasteiger partial charge < -0.3 is 10.2 Å². The minimum absolute atomic E-state index is 0.0761. The second kappa shape index (κ2) is 6.24. The Morgan fingerprint density at radius 2 is 2.05 bits per heavy atom. The summed E-state index contributed by atoms with van der Waals surface area (Å²) in [6.07, 6.45) is 9.60. The number of amides is 1. The minimum Gasteiger partial charge on any atom is -0.356 e. The van der Waals surface area contributed by atoms with E-state index in [2.05, 4.69) is 26.8 Å². The average molecular weight is 286 g/mol. The zero-order valence-electron chi connectivity index (χ0n) is 12.3. The highest BCUT2D eigenvalue weighted by Gasteiger charge is 2.24. The molecule has 0 bridgehead atoms. The van der Waals surface area contributed by atoms with Crippen molar-refractivity contribution in [2.45, 2.75) is 44.6 Å². The van der Waals surface area contributed by atoms with E-state index in [4.69, 9.17) is 0 Å². The van der Waals surface area contributed by atoms with Gasteiger partial charge in [0.15, 0.2) is 0 Å². The molecule has 1 fully saturated rings. The van der Waals surface area contributed by atoms with Crippen molar-refractivity contribution in [3.05, 3.63) is 30.2 Å². The highest BCUT2D eigenvalue weighted by atomic mass is 16.1. The molecule has 21 heavy (non-hydrogen) atoms. The molecule has 112 valence electrons. The van der Waals surface area contributed by atoms with E-state index in [-0.39, 0.29) is 11.9 Å². The van der Waals surface area contributed by atoms with Crippen LogP contribution in [0.25, 0.3) is 0 Å². The number of rotatable bonds is 3. The molecule has 0 saturated carbocycles. The van der Waals surface area contributed by atoms with Crippen molar-refractivity contribution in [2.75, 3.05) is 18.0 Å². The third-order valence-corrected chi connectivity index (χ3v) is 4.43. The molecule has 5 heteroatoms. The van der Waals surface area contributed by atoms with E-state index in [1.807, 2.05) is 0 Å². The Morgan fingerprint density at radius 3 is 2.81 bits per heavy atom. The Balaban J connectivity index is 1.67. The van der Waals surface area contributed by atoms with Gasteiger partial charge in [0.1, 0.15) is 12.1 Å². The summed E-state index contributed by atoms with van der Waals surface area (Å²) in [6.45, 7) is 5.37. The minimum atomic E-state index is -0.0761. The normalized spacial score (nSPS) is 19.0. The first-order chi connectivity index (χ1) is 10.3. The first kappa shape index (κ1) is 14.0. The van der Waals surface area contributed by atoms with Gasteiger partial charge in [-0.2, -0.15) is 0 Å². The van der Waals surface area contributed by atoms with E-state index < -0.39 is 0 Å². The maximum Gasteiger partial charge on any atom is 0.243 e. The molecule has 2 heterocycles. The van der Waals surface area contributed by atoms with Crippen molar-refractivity contribution < 1.29 is 4.79 Å². The van der Waals surface area contributed by atoms with Crippen LogP contribution in [0.3, 0.4) is 0 Å². The van der Waals surface area contributed by atoms with Crippen LogP contribution in [-0.4, -0.2) is 35.0 Å². The summed E-state index contributed by atoms with van der Waals surface area (Å²) in [5, 5.41) is 2.99. The molecule has 1 amide bonds. The molecular formula is C16H22N4O. The quantitative estimate of drug-likeness (QED) is 0.858. The molecule has 5 nitrogen and oxygen atoms in total. The molecule has 1 aliphatic carbocycles. The second-order valence-corrected chi connectivity index (χ2v) is 5.80. The molecule has 1 N–H and O–H groups in total. The highest BCUT2D eigenvalue weighted by Crippen LogP contribution is 2.28. The lowest BCUT2D eigenvalue weighted by molar-refractivity contribution is -0.117. The first-order valence-electron chi connectivity index (χ1n) is 7.78. The molecule has 1 aliphatic heterocycles. The highest BCUT2D eigenvalue weighted by molar-refractivity contribution is 5.87. The monoisotopic (exact) mass is 286 g/mol. The van der Waals surface area contributed by atoms with E-state index in [0.29, 0.717) is 0 Å². The van der Waals surface area contributed by atoms with Gasteiger partial charge in [-0.05, 0) is 44.6 Å². The number of aryl methyl sites for hydroxylation is 1. The lowest BCUT2D eigenvalue weighted by Gasteiger charge is -2.34. The number of hydrogen-bond acceptors (Lipinski definition) is 4. The Kier molecular flexibility index (Phi) is 4.18. The Bertz CT molecular complexity index is 535. The van der Waals surface area contributed by atoms with E-state index in [1.54, 1.807) is 6.33 Å². The first-order valence-corrected chi connectivity index (χ1v) is 7.78. The summed E-state index contributed by atoms with van der Waals surface area (Å²) in [5.74, 6) is 1.04. The number of nitrogens with one attached hydrogen (secondary N) is 1. The topological polar surface area (TPSA) is 58.1 Å². The molecule has 0 spiro atoms. The van der Waals surface area contributed by atoms with Crippen molar-refractivity contribution >= 4 is 11.7 Å². The average Bonchev–Trinajstić information content (AvgIpc) is 2.55. The Labute approximate surface area is 125 Å². The molecule has 2 aliphatic rings. The molecule has 1 aromatic rings. The van der Waals surface area contributed by atoms with Gasteiger partial charge in [-0.15, -0.1) is 0 Å². The summed E-state index contributed by atoms with van der Waals surface area (Å²) >= 11 is 0. The van der Waals surface area contributed by atoms with Crippen molar-refractivity contribution in [1.29, 1.82) is 0 Å². The van der Waals surface area contributed by atoms with Crippen molar-refractivity contribution in [1.82, 2.24) is 15.3 Å². The van der Waals surface area contributed by atoms with Gasteiger partial charge in [0.05, 0.1) is 0 Å². The molecule has 1 saturated heterocycles. The molecule has 3 rings (SSSR count). The fourth-order valence-corrected chi connectivity index (χ4v) is 3.27. The summed E-state index contributed by atoms with van der Waals surface area (Å²) < 4.78 is 0. The number of fused-ring (bicyclic) bond motifs is 1. The summed E-state index contributed by atoms with van der Waals surface area (Å²) in [6, 6.07) is 0.254. The van der Waals surface area contributed by atoms with Gasteiger partial charge in [0.25, 0.3) is 0 Å². The van der Waals surface area contributed by atoms with E-state index in [9.17, 15) is 4.79 Å². The van der Waals surface area contributed by atoms with Crippen molar-refractivity contribution in [3.8, 4) is 0 Å². The van der Waals surface area contributed by atoms with Gasteiger partial charge in [0.2, 0.25) is 5.91 Å². The van der Waals surface area contributed by atoms with Gasteiger partial charge in [-0.1, -0.05) is 6.58 Å². The van der Waals surface area contributed by atoms with Gasteiger partial charge in [-0.3, -0.25) is 4.79 Å². The zero-order chi connectivity index (χ0) is 14.7. The number of aromatic nitrogens is 2. The van der Waals surface area contributed by atoms with E-state index >= 15 is 0 Å². The number of carbonyl (C=O) groups is 1. The van der Waals surface area contributed by atoms with Crippen molar-refractivity contribution in [3.63, 3.8) is 0 Å². The van der Waals surface area contributed by atoms with Crippen LogP contribution in [0.2, 0.25) is 0 Å². The van der Waals surface area contributed by atoms with E-state index in [0.717, 1.165) is 44.6 Å². The molecule has 0 aromatic carbocycles. The van der Waals surface area contributed by atoms with Crippen LogP contribution in [0, 0.1) is 0 Å². The van der Waals surface area contributed by atoms with Crippen LogP contribution >= 0.6 is 0 Å². The third kappa shape index (κ3) is 3.06. The standard InChI is InChI=1S/C16H22N4O/c1-2-15(21)19-12-7-9-20(10-8-12)16-13-5-3-4-6-14(13)17-11-18-16/h2,11-12H,1,3-10H2,(H,19,21). The fraction of sp³-hybridized carbons (Fsp3) is 0.562. The zero-order valence-corrected chi connectivity index (χ0v) is 12.3. The predicted octanol–water partition coefficient (Wildman–Crippen LogP) is 1.63. The molecule has 0 atom stereocenters. The molecule has 1 aromatic heterocycles. The number of carbonyl (C=O) groups excluding carboxylic acids is 1. The van der Waals surface area contributed by atoms with Crippen LogP contribution < -0.4 is 10.2 Å². The molecular weight excluding hydrogens is 264 g/mol. The second-order valence-electron chi connectivity index (χ2n) is 5.80. The Morgan fingerprint density at radius 1 is 1.29 bits per heavy atom. The number of piperidine rings is 1. The van der Waals surface area contributed by atoms with Crippen molar-refractivity contribution in [2.24, 2.45) is 0 Å². The van der Waals surface area contributed by atoms with Crippen LogP contribution in [0.15, 0.2) is 19.0 Å². The number of hydrogen-bond donors (Lipinski definition) is 1. The summed E-state index contributed by atoms with van der Waals surface area (Å²) in [4.78, 5) is 22.7. The van der Waals surface area contributed by atoms with Gasteiger partial charge >= 0.3 is 0 Å². The lowest BCUT2D eigenvalue weighted by atomic mass is 9.95. The summed E-state index contributed by atoms with van der Waals surface area (Å²) in [7, 11) is 0.